The number of carbonyl (C=O) groups excluding carboxylic acids is 1. The van der Waals surface area contributed by atoms with Crippen molar-refractivity contribution in [1.29, 1.82) is 0 Å². The standard InChI is InChI=1S/C27H23NO5/c1-30-19-9-11-20(12-10-19)32-15-16-33-27(29)25-22-6-2-3-7-24(22)28-26-18(8-13-23(25)26)17-21-5-4-14-31-21/h2-7,9-12,14,17H,8,13,15-16H2,1H3. The molecule has 6 heteroatoms. The molecule has 0 N–H and O–H groups in total. The first-order valence-electron chi connectivity index (χ1n) is 10.8. The van der Waals surface area contributed by atoms with Crippen molar-refractivity contribution < 1.29 is 23.4 Å². The zero-order valence-corrected chi connectivity index (χ0v) is 18.2. The summed E-state index contributed by atoms with van der Waals surface area (Å²) in [4.78, 5) is 18.0. The molecule has 0 saturated heterocycles. The van der Waals surface area contributed by atoms with E-state index in [-0.39, 0.29) is 19.2 Å². The van der Waals surface area contributed by atoms with Crippen LogP contribution in [-0.4, -0.2) is 31.3 Å². The minimum absolute atomic E-state index is 0.144. The van der Waals surface area contributed by atoms with E-state index in [4.69, 9.17) is 23.6 Å². The number of aromatic nitrogens is 1. The summed E-state index contributed by atoms with van der Waals surface area (Å²) in [7, 11) is 1.62. The summed E-state index contributed by atoms with van der Waals surface area (Å²) >= 11 is 0. The van der Waals surface area contributed by atoms with Gasteiger partial charge in [-0.25, -0.2) is 9.78 Å². The number of allylic oxidation sites excluding steroid dienone is 1. The van der Waals surface area contributed by atoms with Crippen LogP contribution in [0.4, 0.5) is 0 Å². The molecule has 0 atom stereocenters. The van der Waals surface area contributed by atoms with Crippen LogP contribution in [0.5, 0.6) is 11.5 Å². The Balaban J connectivity index is 1.36. The van der Waals surface area contributed by atoms with Crippen LogP contribution in [0.25, 0.3) is 22.6 Å². The number of nitrogens with zero attached hydrogens (tertiary/aromatic N) is 1. The number of esters is 1. The minimum atomic E-state index is -0.359. The molecular formula is C27H23NO5. The summed E-state index contributed by atoms with van der Waals surface area (Å²) in [6, 6.07) is 18.7. The fourth-order valence-corrected chi connectivity index (χ4v) is 4.10. The summed E-state index contributed by atoms with van der Waals surface area (Å²) in [5, 5.41) is 0.802. The number of benzene rings is 2. The summed E-state index contributed by atoms with van der Waals surface area (Å²) in [5.41, 5.74) is 4.18. The first-order chi connectivity index (χ1) is 16.2. The van der Waals surface area contributed by atoms with Crippen LogP contribution >= 0.6 is 0 Å². The van der Waals surface area contributed by atoms with Gasteiger partial charge in [0.2, 0.25) is 0 Å². The van der Waals surface area contributed by atoms with Gasteiger partial charge in [0.1, 0.15) is 30.5 Å². The number of para-hydroxylation sites is 1. The van der Waals surface area contributed by atoms with E-state index in [1.807, 2.05) is 66.7 Å². The average Bonchev–Trinajstić information content (AvgIpc) is 3.51. The molecule has 0 saturated carbocycles. The van der Waals surface area contributed by atoms with Gasteiger partial charge in [-0.05, 0) is 72.5 Å². The molecule has 0 unspecified atom stereocenters. The van der Waals surface area contributed by atoms with Crippen molar-refractivity contribution in [1.82, 2.24) is 4.98 Å². The van der Waals surface area contributed by atoms with Crippen LogP contribution in [-0.2, 0) is 11.2 Å². The molecule has 2 aromatic carbocycles. The van der Waals surface area contributed by atoms with Gasteiger partial charge >= 0.3 is 5.97 Å². The van der Waals surface area contributed by atoms with Gasteiger partial charge < -0.3 is 18.6 Å². The quantitative estimate of drug-likeness (QED) is 0.276. The number of methoxy groups -OCH3 is 1. The van der Waals surface area contributed by atoms with Gasteiger partial charge in [-0.3, -0.25) is 0 Å². The second-order valence-electron chi connectivity index (χ2n) is 7.68. The number of hydrogen-bond donors (Lipinski definition) is 0. The molecule has 2 heterocycles. The van der Waals surface area contributed by atoms with Gasteiger partial charge in [-0.1, -0.05) is 18.2 Å². The Kier molecular flexibility index (Phi) is 5.81. The molecule has 2 aromatic heterocycles. The van der Waals surface area contributed by atoms with Crippen molar-refractivity contribution in [3.8, 4) is 11.5 Å². The van der Waals surface area contributed by atoms with Crippen molar-refractivity contribution in [2.24, 2.45) is 0 Å². The van der Waals surface area contributed by atoms with Crippen LogP contribution < -0.4 is 9.47 Å². The van der Waals surface area contributed by atoms with Crippen LogP contribution in [0.2, 0.25) is 0 Å². The molecule has 1 aliphatic carbocycles. The van der Waals surface area contributed by atoms with Crippen molar-refractivity contribution in [3.05, 3.63) is 89.5 Å². The average molecular weight is 441 g/mol. The highest BCUT2D eigenvalue weighted by Crippen LogP contribution is 2.37. The smallest absolute Gasteiger partial charge is 0.339 e. The lowest BCUT2D eigenvalue weighted by Crippen LogP contribution is -2.15. The number of carbonyl (C=O) groups is 1. The number of rotatable bonds is 7. The Morgan fingerprint density at radius 3 is 2.61 bits per heavy atom. The Morgan fingerprint density at radius 1 is 1.00 bits per heavy atom. The van der Waals surface area contributed by atoms with Crippen LogP contribution in [0.15, 0.2) is 71.3 Å². The maximum absolute atomic E-state index is 13.2. The van der Waals surface area contributed by atoms with E-state index in [0.29, 0.717) is 11.3 Å². The highest BCUT2D eigenvalue weighted by Gasteiger charge is 2.27. The van der Waals surface area contributed by atoms with Crippen molar-refractivity contribution >= 4 is 28.5 Å². The van der Waals surface area contributed by atoms with Crippen molar-refractivity contribution in [2.75, 3.05) is 20.3 Å². The topological polar surface area (TPSA) is 70.8 Å². The molecule has 6 nitrogen and oxygen atoms in total. The predicted octanol–water partition coefficient (Wildman–Crippen LogP) is 5.56. The van der Waals surface area contributed by atoms with E-state index in [2.05, 4.69) is 0 Å². The Morgan fingerprint density at radius 2 is 1.82 bits per heavy atom. The number of ether oxygens (including phenoxy) is 3. The Bertz CT molecular complexity index is 1310. The fraction of sp³-hybridized carbons (Fsp3) is 0.185. The molecule has 0 bridgehead atoms. The fourth-order valence-electron chi connectivity index (χ4n) is 4.10. The second kappa shape index (κ2) is 9.20. The van der Waals surface area contributed by atoms with Gasteiger partial charge in [0.25, 0.3) is 0 Å². The van der Waals surface area contributed by atoms with Crippen LogP contribution in [0, 0.1) is 0 Å². The molecule has 0 aliphatic heterocycles. The molecule has 5 rings (SSSR count). The van der Waals surface area contributed by atoms with E-state index in [1.54, 1.807) is 13.4 Å². The zero-order valence-electron chi connectivity index (χ0n) is 18.2. The molecule has 4 aromatic rings. The highest BCUT2D eigenvalue weighted by atomic mass is 16.6. The first kappa shape index (κ1) is 20.8. The van der Waals surface area contributed by atoms with E-state index < -0.39 is 0 Å². The van der Waals surface area contributed by atoms with Crippen molar-refractivity contribution in [2.45, 2.75) is 12.8 Å². The van der Waals surface area contributed by atoms with Gasteiger partial charge in [0, 0.05) is 5.39 Å². The highest BCUT2D eigenvalue weighted by molar-refractivity contribution is 6.07. The van der Waals surface area contributed by atoms with Crippen molar-refractivity contribution in [3.63, 3.8) is 0 Å². The van der Waals surface area contributed by atoms with Gasteiger partial charge in [0.05, 0.1) is 30.1 Å². The number of furan rings is 1. The molecular weight excluding hydrogens is 418 g/mol. The molecule has 1 aliphatic rings. The molecule has 0 radical (unpaired) electrons. The molecule has 33 heavy (non-hydrogen) atoms. The summed E-state index contributed by atoms with van der Waals surface area (Å²) in [6.07, 6.45) is 5.16. The summed E-state index contributed by atoms with van der Waals surface area (Å²) in [6.45, 7) is 0.401. The maximum Gasteiger partial charge on any atom is 0.339 e. The van der Waals surface area contributed by atoms with E-state index in [0.717, 1.165) is 52.1 Å². The zero-order chi connectivity index (χ0) is 22.6. The third-order valence-electron chi connectivity index (χ3n) is 5.65. The first-order valence-corrected chi connectivity index (χ1v) is 10.8. The normalized spacial score (nSPS) is 13.8. The predicted molar refractivity (Wildman–Crippen MR) is 125 cm³/mol. The maximum atomic E-state index is 13.2. The lowest BCUT2D eigenvalue weighted by molar-refractivity contribution is 0.0451. The number of fused-ring (bicyclic) bond motifs is 2. The van der Waals surface area contributed by atoms with Gasteiger partial charge in [0.15, 0.2) is 0 Å². The molecule has 166 valence electrons. The minimum Gasteiger partial charge on any atom is -0.497 e. The number of pyridine rings is 1. The van der Waals surface area contributed by atoms with E-state index in [1.165, 1.54) is 0 Å². The van der Waals surface area contributed by atoms with Crippen LogP contribution in [0.3, 0.4) is 0 Å². The summed E-state index contributed by atoms with van der Waals surface area (Å²) < 4.78 is 21.9. The molecule has 0 spiro atoms. The van der Waals surface area contributed by atoms with E-state index in [9.17, 15) is 4.79 Å². The molecule has 0 amide bonds. The van der Waals surface area contributed by atoms with E-state index >= 15 is 0 Å². The Labute approximate surface area is 191 Å². The summed E-state index contributed by atoms with van der Waals surface area (Å²) in [5.74, 6) is 1.86. The lowest BCUT2D eigenvalue weighted by atomic mass is 10.0. The monoisotopic (exact) mass is 441 g/mol. The van der Waals surface area contributed by atoms with Gasteiger partial charge in [-0.2, -0.15) is 0 Å². The van der Waals surface area contributed by atoms with Gasteiger partial charge in [-0.15, -0.1) is 0 Å². The number of hydrogen-bond acceptors (Lipinski definition) is 6. The van der Waals surface area contributed by atoms with Crippen LogP contribution in [0.1, 0.15) is 33.8 Å². The lowest BCUT2D eigenvalue weighted by Gasteiger charge is -2.13. The third-order valence-corrected chi connectivity index (χ3v) is 5.65. The SMILES string of the molecule is COc1ccc(OCCOC(=O)c2c3c(nc4ccccc24)C(=Cc2ccco2)CC3)cc1. The Hall–Kier alpha value is -4.06. The largest absolute Gasteiger partial charge is 0.497 e. The third kappa shape index (κ3) is 4.32. The second-order valence-corrected chi connectivity index (χ2v) is 7.68. The molecule has 0 fully saturated rings.